The molecular formula is C21H18BrN3O2S. The first-order chi connectivity index (χ1) is 13.6. The molecule has 1 amide bonds. The number of fused-ring (bicyclic) bond motifs is 1. The molecule has 0 saturated carbocycles. The average molecular weight is 456 g/mol. The topological polar surface area (TPSA) is 56.6 Å². The molecule has 2 aliphatic heterocycles. The molecular weight excluding hydrogens is 438 g/mol. The Bertz CT molecular complexity index is 984. The molecule has 2 aromatic carbocycles. The highest BCUT2D eigenvalue weighted by Gasteiger charge is 2.38. The minimum absolute atomic E-state index is 0.0381. The molecule has 0 N–H and O–H groups in total. The largest absolute Gasteiger partial charge is 0.497 e. The molecule has 1 fully saturated rings. The van der Waals surface area contributed by atoms with Gasteiger partial charge in [0.1, 0.15) is 5.75 Å². The van der Waals surface area contributed by atoms with Crippen molar-refractivity contribution in [3.63, 3.8) is 0 Å². The second-order valence-corrected chi connectivity index (χ2v) is 8.47. The molecule has 1 saturated heterocycles. The summed E-state index contributed by atoms with van der Waals surface area (Å²) in [7, 11) is 1.62. The molecule has 0 radical (unpaired) electrons. The summed E-state index contributed by atoms with van der Waals surface area (Å²) in [6.07, 6.45) is 0.286. The van der Waals surface area contributed by atoms with E-state index in [9.17, 15) is 10.1 Å². The molecule has 0 unspecified atom stereocenters. The van der Waals surface area contributed by atoms with Crippen LogP contribution in [0.5, 0.6) is 5.75 Å². The number of rotatable bonds is 3. The third-order valence-electron chi connectivity index (χ3n) is 4.98. The normalized spacial score (nSPS) is 19.3. The third kappa shape index (κ3) is 3.50. The highest BCUT2D eigenvalue weighted by molar-refractivity contribution is 9.10. The molecule has 28 heavy (non-hydrogen) atoms. The highest BCUT2D eigenvalue weighted by Crippen LogP contribution is 2.43. The number of carbonyl (C=O) groups is 1. The van der Waals surface area contributed by atoms with Gasteiger partial charge < -0.3 is 9.64 Å². The SMILES string of the molecule is COc1cccc([C@H]2CC(=O)N3CN(c4ccc(Br)cc4)CSC3=C2C#N)c1. The fourth-order valence-corrected chi connectivity index (χ4v) is 4.95. The van der Waals surface area contributed by atoms with E-state index in [1.807, 2.05) is 48.5 Å². The Balaban J connectivity index is 1.66. The fourth-order valence-electron chi connectivity index (χ4n) is 3.52. The monoisotopic (exact) mass is 455 g/mol. The molecule has 4 rings (SSSR count). The summed E-state index contributed by atoms with van der Waals surface area (Å²) in [6, 6.07) is 18.0. The van der Waals surface area contributed by atoms with Gasteiger partial charge in [-0.05, 0) is 42.0 Å². The summed E-state index contributed by atoms with van der Waals surface area (Å²) in [4.78, 5) is 16.8. The number of hydrogen-bond donors (Lipinski definition) is 0. The number of nitrogens with zero attached hydrogens (tertiary/aromatic N) is 3. The second-order valence-electron chi connectivity index (χ2n) is 6.62. The van der Waals surface area contributed by atoms with E-state index in [2.05, 4.69) is 26.9 Å². The summed E-state index contributed by atoms with van der Waals surface area (Å²) in [5.41, 5.74) is 2.65. The number of hydrogen-bond acceptors (Lipinski definition) is 5. The lowest BCUT2D eigenvalue weighted by Crippen LogP contribution is -2.47. The van der Waals surface area contributed by atoms with Crippen molar-refractivity contribution in [1.82, 2.24) is 4.90 Å². The van der Waals surface area contributed by atoms with Gasteiger partial charge in [0, 0.05) is 22.5 Å². The molecule has 2 aliphatic rings. The Hall–Kier alpha value is -2.43. The van der Waals surface area contributed by atoms with Gasteiger partial charge in [-0.1, -0.05) is 39.8 Å². The van der Waals surface area contributed by atoms with Crippen LogP contribution < -0.4 is 9.64 Å². The molecule has 0 aromatic heterocycles. The van der Waals surface area contributed by atoms with Crippen molar-refractivity contribution >= 4 is 39.3 Å². The van der Waals surface area contributed by atoms with E-state index in [1.54, 1.807) is 23.8 Å². The van der Waals surface area contributed by atoms with Crippen LogP contribution in [-0.2, 0) is 4.79 Å². The maximum Gasteiger partial charge on any atom is 0.229 e. The molecule has 0 bridgehead atoms. The zero-order valence-corrected chi connectivity index (χ0v) is 17.7. The number of methoxy groups -OCH3 is 1. The van der Waals surface area contributed by atoms with Crippen LogP contribution in [-0.4, -0.2) is 30.5 Å². The van der Waals surface area contributed by atoms with Crippen molar-refractivity contribution in [3.05, 3.63) is 69.2 Å². The maximum absolute atomic E-state index is 13.0. The predicted octanol–water partition coefficient (Wildman–Crippen LogP) is 4.68. The van der Waals surface area contributed by atoms with Gasteiger partial charge in [-0.2, -0.15) is 5.26 Å². The van der Waals surface area contributed by atoms with Gasteiger partial charge in [0.2, 0.25) is 5.91 Å². The zero-order chi connectivity index (χ0) is 19.7. The minimum atomic E-state index is -0.231. The van der Waals surface area contributed by atoms with Crippen LogP contribution in [0, 0.1) is 11.3 Å². The van der Waals surface area contributed by atoms with Crippen molar-refractivity contribution in [1.29, 1.82) is 5.26 Å². The van der Waals surface area contributed by atoms with E-state index in [-0.39, 0.29) is 18.2 Å². The Morgan fingerprint density at radius 1 is 1.25 bits per heavy atom. The van der Waals surface area contributed by atoms with Crippen LogP contribution in [0.3, 0.4) is 0 Å². The van der Waals surface area contributed by atoms with Crippen LogP contribution in [0.4, 0.5) is 5.69 Å². The first-order valence-corrected chi connectivity index (χ1v) is 10.6. The van der Waals surface area contributed by atoms with E-state index in [1.165, 1.54) is 0 Å². The number of nitriles is 1. The molecule has 1 atom stereocenters. The van der Waals surface area contributed by atoms with Crippen molar-refractivity contribution in [2.45, 2.75) is 12.3 Å². The molecule has 0 spiro atoms. The van der Waals surface area contributed by atoms with Crippen LogP contribution in [0.25, 0.3) is 0 Å². The third-order valence-corrected chi connectivity index (χ3v) is 6.66. The molecule has 7 heteroatoms. The van der Waals surface area contributed by atoms with E-state index in [0.717, 1.165) is 26.5 Å². The smallest absolute Gasteiger partial charge is 0.229 e. The van der Waals surface area contributed by atoms with E-state index >= 15 is 0 Å². The Labute approximate surface area is 176 Å². The van der Waals surface area contributed by atoms with Crippen molar-refractivity contribution in [3.8, 4) is 11.8 Å². The lowest BCUT2D eigenvalue weighted by Gasteiger charge is -2.42. The number of carbonyl (C=O) groups excluding carboxylic acids is 1. The standard InChI is InChI=1S/C21H18BrN3O2S/c1-27-17-4-2-3-14(9-17)18-10-20(26)25-12-24(13-28-21(25)19(18)11-23)16-7-5-15(22)6-8-16/h2-9,18H,10,12-13H2,1H3/t18-/m1/s1. The van der Waals surface area contributed by atoms with Crippen LogP contribution >= 0.6 is 27.7 Å². The van der Waals surface area contributed by atoms with Gasteiger partial charge in [-0.15, -0.1) is 0 Å². The number of anilines is 1. The number of benzene rings is 2. The summed E-state index contributed by atoms with van der Waals surface area (Å²) in [6.45, 7) is 0.457. The van der Waals surface area contributed by atoms with Crippen LogP contribution in [0.15, 0.2) is 63.6 Å². The quantitative estimate of drug-likeness (QED) is 0.672. The predicted molar refractivity (Wildman–Crippen MR) is 114 cm³/mol. The number of thioether (sulfide) groups is 1. The number of ether oxygens (including phenoxy) is 1. The van der Waals surface area contributed by atoms with Crippen molar-refractivity contribution in [2.75, 3.05) is 24.6 Å². The van der Waals surface area contributed by atoms with E-state index in [4.69, 9.17) is 4.74 Å². The first kappa shape index (κ1) is 18.9. The van der Waals surface area contributed by atoms with Crippen LogP contribution in [0.2, 0.25) is 0 Å². The van der Waals surface area contributed by atoms with E-state index in [0.29, 0.717) is 18.1 Å². The highest BCUT2D eigenvalue weighted by atomic mass is 79.9. The Morgan fingerprint density at radius 2 is 2.04 bits per heavy atom. The molecule has 142 valence electrons. The summed E-state index contributed by atoms with van der Waals surface area (Å²) < 4.78 is 6.33. The number of halogens is 1. The Morgan fingerprint density at radius 3 is 2.75 bits per heavy atom. The van der Waals surface area contributed by atoms with Gasteiger partial charge >= 0.3 is 0 Å². The summed E-state index contributed by atoms with van der Waals surface area (Å²) in [5.74, 6) is 1.23. The van der Waals surface area contributed by atoms with Gasteiger partial charge in [0.15, 0.2) is 0 Å². The van der Waals surface area contributed by atoms with Gasteiger partial charge in [-0.25, -0.2) is 0 Å². The summed E-state index contributed by atoms with van der Waals surface area (Å²) in [5, 5.41) is 10.7. The Kier molecular flexibility index (Phi) is 5.33. The van der Waals surface area contributed by atoms with Gasteiger partial charge in [0.25, 0.3) is 0 Å². The van der Waals surface area contributed by atoms with E-state index < -0.39 is 0 Å². The number of amides is 1. The number of allylic oxidation sites excluding steroid dienone is 1. The molecule has 2 heterocycles. The second kappa shape index (κ2) is 7.90. The minimum Gasteiger partial charge on any atom is -0.497 e. The molecule has 0 aliphatic carbocycles. The maximum atomic E-state index is 13.0. The fraction of sp³-hybridized carbons (Fsp3) is 0.238. The lowest BCUT2D eigenvalue weighted by molar-refractivity contribution is -0.129. The van der Waals surface area contributed by atoms with Crippen molar-refractivity contribution < 1.29 is 9.53 Å². The van der Waals surface area contributed by atoms with Crippen LogP contribution in [0.1, 0.15) is 17.9 Å². The molecule has 5 nitrogen and oxygen atoms in total. The zero-order valence-electron chi connectivity index (χ0n) is 15.3. The average Bonchev–Trinajstić information content (AvgIpc) is 2.74. The summed E-state index contributed by atoms with van der Waals surface area (Å²) >= 11 is 4.99. The van der Waals surface area contributed by atoms with Crippen molar-refractivity contribution in [2.24, 2.45) is 0 Å². The van der Waals surface area contributed by atoms with Gasteiger partial charge in [0.05, 0.1) is 36.3 Å². The van der Waals surface area contributed by atoms with Gasteiger partial charge in [-0.3, -0.25) is 9.69 Å². The lowest BCUT2D eigenvalue weighted by atomic mass is 9.86. The first-order valence-electron chi connectivity index (χ1n) is 8.82. The molecule has 2 aromatic rings.